The van der Waals surface area contributed by atoms with E-state index < -0.39 is 0 Å². The molecule has 1 N–H and O–H groups in total. The average molecular weight is 284 g/mol. The zero-order valence-electron chi connectivity index (χ0n) is 12.7. The second-order valence-corrected chi connectivity index (χ2v) is 5.31. The van der Waals surface area contributed by atoms with Gasteiger partial charge in [0.2, 0.25) is 0 Å². The van der Waals surface area contributed by atoms with Gasteiger partial charge in [-0.3, -0.25) is 0 Å². The van der Waals surface area contributed by atoms with Crippen molar-refractivity contribution in [3.05, 3.63) is 65.7 Å². The normalized spacial score (nSPS) is 12.1. The molecule has 0 saturated carbocycles. The Kier molecular flexibility index (Phi) is 6.29. The third kappa shape index (κ3) is 5.24. The van der Waals surface area contributed by atoms with Crippen molar-refractivity contribution < 1.29 is 9.84 Å². The van der Waals surface area contributed by atoms with E-state index in [0.717, 1.165) is 37.0 Å². The highest BCUT2D eigenvalue weighted by Gasteiger charge is 2.05. The van der Waals surface area contributed by atoms with Crippen LogP contribution in [0, 0.1) is 0 Å². The number of aryl methyl sites for hydroxylation is 1. The Balaban J connectivity index is 1.73. The van der Waals surface area contributed by atoms with Gasteiger partial charge >= 0.3 is 0 Å². The first kappa shape index (κ1) is 15.6. The zero-order chi connectivity index (χ0) is 14.9. The van der Waals surface area contributed by atoms with Gasteiger partial charge in [0.15, 0.2) is 0 Å². The fourth-order valence-corrected chi connectivity index (χ4v) is 2.34. The lowest BCUT2D eigenvalue weighted by Gasteiger charge is -2.11. The summed E-state index contributed by atoms with van der Waals surface area (Å²) in [5.41, 5.74) is 2.31. The molecule has 1 atom stereocenters. The van der Waals surface area contributed by atoms with Gasteiger partial charge in [-0.15, -0.1) is 0 Å². The lowest BCUT2D eigenvalue weighted by molar-refractivity contribution is 0.166. The average Bonchev–Trinajstić information content (AvgIpc) is 2.53. The van der Waals surface area contributed by atoms with Gasteiger partial charge in [0.25, 0.3) is 0 Å². The molecule has 0 aliphatic heterocycles. The van der Waals surface area contributed by atoms with Gasteiger partial charge in [-0.1, -0.05) is 55.8 Å². The topological polar surface area (TPSA) is 29.5 Å². The SMILES string of the molecule is CCCC(O)c1ccc(OCCCc2ccccc2)cc1. The summed E-state index contributed by atoms with van der Waals surface area (Å²) in [5, 5.41) is 9.91. The van der Waals surface area contributed by atoms with Crippen LogP contribution in [0.15, 0.2) is 54.6 Å². The van der Waals surface area contributed by atoms with Gasteiger partial charge in [-0.2, -0.15) is 0 Å². The van der Waals surface area contributed by atoms with Crippen LogP contribution in [0.3, 0.4) is 0 Å². The van der Waals surface area contributed by atoms with Crippen molar-refractivity contribution in [3.8, 4) is 5.75 Å². The van der Waals surface area contributed by atoms with E-state index in [0.29, 0.717) is 6.61 Å². The lowest BCUT2D eigenvalue weighted by Crippen LogP contribution is -2.00. The molecule has 0 amide bonds. The molecular weight excluding hydrogens is 260 g/mol. The minimum absolute atomic E-state index is 0.359. The van der Waals surface area contributed by atoms with Crippen LogP contribution >= 0.6 is 0 Å². The Hall–Kier alpha value is -1.80. The minimum atomic E-state index is -0.359. The molecule has 21 heavy (non-hydrogen) atoms. The first-order valence-corrected chi connectivity index (χ1v) is 7.74. The molecule has 0 heterocycles. The summed E-state index contributed by atoms with van der Waals surface area (Å²) < 4.78 is 5.74. The second kappa shape index (κ2) is 8.48. The number of benzene rings is 2. The standard InChI is InChI=1S/C19H24O2/c1-2-7-19(20)17-11-13-18(14-12-17)21-15-6-10-16-8-4-3-5-9-16/h3-5,8-9,11-14,19-20H,2,6-7,10,15H2,1H3. The second-order valence-electron chi connectivity index (χ2n) is 5.31. The Morgan fingerprint density at radius 2 is 1.71 bits per heavy atom. The Bertz CT molecular complexity index is 505. The maximum atomic E-state index is 9.91. The number of aliphatic hydroxyl groups is 1. The van der Waals surface area contributed by atoms with E-state index >= 15 is 0 Å². The first-order chi connectivity index (χ1) is 10.3. The van der Waals surface area contributed by atoms with Crippen molar-refractivity contribution in [2.24, 2.45) is 0 Å². The van der Waals surface area contributed by atoms with E-state index in [9.17, 15) is 5.11 Å². The van der Waals surface area contributed by atoms with Gasteiger partial charge in [0.05, 0.1) is 12.7 Å². The highest BCUT2D eigenvalue weighted by atomic mass is 16.5. The molecule has 0 aromatic heterocycles. The van der Waals surface area contributed by atoms with E-state index in [2.05, 4.69) is 31.2 Å². The molecule has 2 aromatic carbocycles. The highest BCUT2D eigenvalue weighted by Crippen LogP contribution is 2.21. The van der Waals surface area contributed by atoms with Crippen molar-refractivity contribution in [3.63, 3.8) is 0 Å². The molecule has 0 aliphatic rings. The van der Waals surface area contributed by atoms with Crippen LogP contribution in [0.4, 0.5) is 0 Å². The molecule has 2 nitrogen and oxygen atoms in total. The summed E-state index contributed by atoms with van der Waals surface area (Å²) in [6.07, 6.45) is 3.47. The molecule has 0 aliphatic carbocycles. The summed E-state index contributed by atoms with van der Waals surface area (Å²) in [6, 6.07) is 18.2. The molecule has 0 fully saturated rings. The number of hydrogen-bond acceptors (Lipinski definition) is 2. The maximum absolute atomic E-state index is 9.91. The van der Waals surface area contributed by atoms with Crippen molar-refractivity contribution >= 4 is 0 Å². The van der Waals surface area contributed by atoms with E-state index in [-0.39, 0.29) is 6.10 Å². The van der Waals surface area contributed by atoms with Gasteiger partial charge in [0.1, 0.15) is 5.75 Å². The predicted octanol–water partition coefficient (Wildman–Crippen LogP) is 4.53. The fraction of sp³-hybridized carbons (Fsp3) is 0.368. The first-order valence-electron chi connectivity index (χ1n) is 7.74. The molecule has 1 unspecified atom stereocenters. The fourth-order valence-electron chi connectivity index (χ4n) is 2.34. The molecule has 0 radical (unpaired) electrons. The van der Waals surface area contributed by atoms with E-state index in [1.165, 1.54) is 5.56 Å². The van der Waals surface area contributed by atoms with Crippen molar-refractivity contribution in [2.75, 3.05) is 6.61 Å². The summed E-state index contributed by atoms with van der Waals surface area (Å²) in [5.74, 6) is 0.871. The van der Waals surface area contributed by atoms with Crippen molar-refractivity contribution in [2.45, 2.75) is 38.7 Å². The highest BCUT2D eigenvalue weighted by molar-refractivity contribution is 5.28. The van der Waals surface area contributed by atoms with Crippen LogP contribution < -0.4 is 4.74 Å². The molecule has 2 rings (SSSR count). The molecule has 0 saturated heterocycles. The molecule has 0 spiro atoms. The number of rotatable bonds is 8. The van der Waals surface area contributed by atoms with E-state index in [1.807, 2.05) is 30.3 Å². The molecule has 2 aromatic rings. The zero-order valence-corrected chi connectivity index (χ0v) is 12.7. The van der Waals surface area contributed by atoms with Crippen molar-refractivity contribution in [1.29, 1.82) is 0 Å². The number of hydrogen-bond donors (Lipinski definition) is 1. The largest absolute Gasteiger partial charge is 0.494 e. The van der Waals surface area contributed by atoms with Crippen LogP contribution in [-0.2, 0) is 6.42 Å². The monoisotopic (exact) mass is 284 g/mol. The quantitative estimate of drug-likeness (QED) is 0.722. The summed E-state index contributed by atoms with van der Waals surface area (Å²) in [6.45, 7) is 2.79. The van der Waals surface area contributed by atoms with Crippen LogP contribution in [0.1, 0.15) is 43.4 Å². The third-order valence-corrected chi connectivity index (χ3v) is 3.55. The van der Waals surface area contributed by atoms with Crippen LogP contribution in [0.5, 0.6) is 5.75 Å². The number of aliphatic hydroxyl groups excluding tert-OH is 1. The predicted molar refractivity (Wildman–Crippen MR) is 86.6 cm³/mol. The summed E-state index contributed by atoms with van der Waals surface area (Å²) >= 11 is 0. The van der Waals surface area contributed by atoms with Crippen molar-refractivity contribution in [1.82, 2.24) is 0 Å². The molecule has 112 valence electrons. The number of ether oxygens (including phenoxy) is 1. The van der Waals surface area contributed by atoms with Gasteiger partial charge in [-0.05, 0) is 42.5 Å². The summed E-state index contributed by atoms with van der Waals surface area (Å²) in [4.78, 5) is 0. The Morgan fingerprint density at radius 1 is 1.00 bits per heavy atom. The molecule has 0 bridgehead atoms. The lowest BCUT2D eigenvalue weighted by atomic mass is 10.1. The minimum Gasteiger partial charge on any atom is -0.494 e. The van der Waals surface area contributed by atoms with Gasteiger partial charge in [-0.25, -0.2) is 0 Å². The van der Waals surface area contributed by atoms with Gasteiger partial charge < -0.3 is 9.84 Å². The van der Waals surface area contributed by atoms with E-state index in [1.54, 1.807) is 0 Å². The Morgan fingerprint density at radius 3 is 2.38 bits per heavy atom. The van der Waals surface area contributed by atoms with Crippen LogP contribution in [-0.4, -0.2) is 11.7 Å². The summed E-state index contributed by atoms with van der Waals surface area (Å²) in [7, 11) is 0. The van der Waals surface area contributed by atoms with E-state index in [4.69, 9.17) is 4.74 Å². The molecular formula is C19H24O2. The maximum Gasteiger partial charge on any atom is 0.119 e. The van der Waals surface area contributed by atoms with Crippen LogP contribution in [0.25, 0.3) is 0 Å². The third-order valence-electron chi connectivity index (χ3n) is 3.55. The van der Waals surface area contributed by atoms with Gasteiger partial charge in [0, 0.05) is 0 Å². The smallest absolute Gasteiger partial charge is 0.119 e. The molecule has 2 heteroatoms. The van der Waals surface area contributed by atoms with Crippen LogP contribution in [0.2, 0.25) is 0 Å². The Labute approximate surface area is 127 Å².